The number of hydrogen-bond donors (Lipinski definition) is 4. The van der Waals surface area contributed by atoms with E-state index in [0.717, 1.165) is 27.9 Å². The number of aliphatic hydroxyl groups is 1. The molecule has 0 aliphatic rings. The number of carbonyl (C=O) groups excluding carboxylic acids is 1. The number of aryl methyl sites for hydroxylation is 1. The molecule has 4 N–H and O–H groups in total. The van der Waals surface area contributed by atoms with E-state index in [2.05, 4.69) is 16.4 Å². The molecule has 0 aliphatic heterocycles. The van der Waals surface area contributed by atoms with Crippen LogP contribution in [0.25, 0.3) is 0 Å². The average Bonchev–Trinajstić information content (AvgIpc) is 2.89. The molecule has 0 fully saturated rings. The Labute approximate surface area is 211 Å². The number of ether oxygens (including phenoxy) is 1. The maximum atomic E-state index is 12.2. The summed E-state index contributed by atoms with van der Waals surface area (Å²) in [4.78, 5) is 16.5. The van der Waals surface area contributed by atoms with E-state index < -0.39 is 19.2 Å². The summed E-state index contributed by atoms with van der Waals surface area (Å²) >= 11 is 0. The Morgan fingerprint density at radius 1 is 1.00 bits per heavy atom. The zero-order chi connectivity index (χ0) is 25.8. The van der Waals surface area contributed by atoms with Crippen LogP contribution in [0.5, 0.6) is 0 Å². The molecule has 36 heavy (non-hydrogen) atoms. The van der Waals surface area contributed by atoms with Gasteiger partial charge in [0, 0.05) is 12.6 Å². The molecule has 1 amide bonds. The zero-order valence-electron chi connectivity index (χ0n) is 20.0. The normalized spacial score (nSPS) is 12.3. The minimum Gasteiger partial charge on any atom is -0.449 e. The number of amides is 1. The predicted octanol–water partition coefficient (Wildman–Crippen LogP) is 2.71. The number of carbonyl (C=O) groups is 1. The van der Waals surface area contributed by atoms with Gasteiger partial charge in [0.15, 0.2) is 0 Å². The molecule has 0 saturated heterocycles. The van der Waals surface area contributed by atoms with Crippen molar-refractivity contribution >= 4 is 13.2 Å². The highest BCUT2D eigenvalue weighted by Crippen LogP contribution is 2.21. The maximum absolute atomic E-state index is 12.2. The van der Waals surface area contributed by atoms with Gasteiger partial charge < -0.3 is 25.2 Å². The first-order valence-electron chi connectivity index (χ1n) is 11.8. The Morgan fingerprint density at radius 2 is 1.69 bits per heavy atom. The van der Waals surface area contributed by atoms with E-state index in [0.29, 0.717) is 19.3 Å². The number of pyridine rings is 1. The standard InChI is InChI=1S/C27H30BN3O5/c29-18-24(25-8-4-5-12-30-25)10-9-21-14-22(16-23(15-21)19-32)11-13-36-27(33)31-26(28(34)35)17-20-6-2-1-3-7-20/h1-8,12,14-16,24,26,32,34-35H,9-11,13,17,19H2,(H,31,33)/t24?,26-/m0/s1. The molecule has 1 aromatic heterocycles. The lowest BCUT2D eigenvalue weighted by Gasteiger charge is -2.18. The number of aliphatic hydroxyl groups excluding tert-OH is 1. The van der Waals surface area contributed by atoms with Crippen LogP contribution in [0.3, 0.4) is 0 Å². The van der Waals surface area contributed by atoms with Crippen molar-refractivity contribution in [3.63, 3.8) is 0 Å². The van der Waals surface area contributed by atoms with Gasteiger partial charge >= 0.3 is 13.2 Å². The number of alkyl carbamates (subject to hydrolysis) is 1. The molecular formula is C27H30BN3O5. The number of hydrogen-bond acceptors (Lipinski definition) is 7. The third kappa shape index (κ3) is 8.50. The van der Waals surface area contributed by atoms with Gasteiger partial charge in [0.25, 0.3) is 0 Å². The zero-order valence-corrected chi connectivity index (χ0v) is 20.0. The highest BCUT2D eigenvalue weighted by Gasteiger charge is 2.26. The lowest BCUT2D eigenvalue weighted by molar-refractivity contribution is 0.144. The van der Waals surface area contributed by atoms with Crippen molar-refractivity contribution < 1.29 is 24.7 Å². The monoisotopic (exact) mass is 487 g/mol. The van der Waals surface area contributed by atoms with E-state index in [4.69, 9.17) is 4.74 Å². The topological polar surface area (TPSA) is 136 Å². The molecule has 0 saturated carbocycles. The van der Waals surface area contributed by atoms with Crippen LogP contribution >= 0.6 is 0 Å². The van der Waals surface area contributed by atoms with E-state index in [1.807, 2.05) is 66.7 Å². The fourth-order valence-electron chi connectivity index (χ4n) is 3.94. The minimum absolute atomic E-state index is 0.0779. The molecule has 186 valence electrons. The van der Waals surface area contributed by atoms with Crippen LogP contribution in [0.1, 0.15) is 40.3 Å². The number of benzene rings is 2. The molecule has 1 heterocycles. The Hall–Kier alpha value is -3.71. The number of nitrogens with zero attached hydrogens (tertiary/aromatic N) is 2. The second kappa shape index (κ2) is 14.0. The number of aromatic nitrogens is 1. The average molecular weight is 487 g/mol. The van der Waals surface area contributed by atoms with Gasteiger partial charge in [0.05, 0.1) is 36.8 Å². The highest BCUT2D eigenvalue weighted by atomic mass is 16.5. The molecule has 1 unspecified atom stereocenters. The van der Waals surface area contributed by atoms with Gasteiger partial charge in [-0.05, 0) is 53.6 Å². The molecule has 8 nitrogen and oxygen atoms in total. The molecule has 0 spiro atoms. The van der Waals surface area contributed by atoms with Gasteiger partial charge in [-0.3, -0.25) is 4.98 Å². The Morgan fingerprint density at radius 3 is 2.33 bits per heavy atom. The molecule has 2 atom stereocenters. The Bertz CT molecular complexity index is 1140. The van der Waals surface area contributed by atoms with Gasteiger partial charge in [-0.15, -0.1) is 0 Å². The molecule has 0 aliphatic carbocycles. The second-order valence-corrected chi connectivity index (χ2v) is 8.53. The van der Waals surface area contributed by atoms with Crippen molar-refractivity contribution in [2.75, 3.05) is 6.61 Å². The predicted molar refractivity (Wildman–Crippen MR) is 136 cm³/mol. The number of rotatable bonds is 12. The van der Waals surface area contributed by atoms with Gasteiger partial charge in [0.2, 0.25) is 0 Å². The summed E-state index contributed by atoms with van der Waals surface area (Å²) in [6.45, 7) is -0.0475. The summed E-state index contributed by atoms with van der Waals surface area (Å²) in [5, 5.41) is 41.0. The third-order valence-corrected chi connectivity index (χ3v) is 5.80. The molecule has 3 aromatic rings. The first-order chi connectivity index (χ1) is 17.5. The number of nitrogens with one attached hydrogen (secondary N) is 1. The summed E-state index contributed by atoms with van der Waals surface area (Å²) in [5.41, 5.74) is 4.19. The van der Waals surface area contributed by atoms with E-state index >= 15 is 0 Å². The van der Waals surface area contributed by atoms with Crippen LogP contribution in [0, 0.1) is 11.3 Å². The lowest BCUT2D eigenvalue weighted by atomic mass is 9.76. The van der Waals surface area contributed by atoms with Crippen LogP contribution in [0.15, 0.2) is 72.9 Å². The quantitative estimate of drug-likeness (QED) is 0.289. The molecule has 0 bridgehead atoms. The fourth-order valence-corrected chi connectivity index (χ4v) is 3.94. The van der Waals surface area contributed by atoms with Crippen molar-refractivity contribution in [2.45, 2.75) is 44.1 Å². The summed E-state index contributed by atoms with van der Waals surface area (Å²) in [5.74, 6) is -1.23. The van der Waals surface area contributed by atoms with Crippen LogP contribution in [0.2, 0.25) is 0 Å². The molecule has 2 aromatic carbocycles. The summed E-state index contributed by atoms with van der Waals surface area (Å²) in [6, 6.07) is 22.7. The van der Waals surface area contributed by atoms with Gasteiger partial charge in [-0.1, -0.05) is 54.6 Å². The van der Waals surface area contributed by atoms with Crippen LogP contribution in [-0.4, -0.2) is 45.9 Å². The maximum Gasteiger partial charge on any atom is 0.475 e. The van der Waals surface area contributed by atoms with Crippen molar-refractivity contribution in [1.82, 2.24) is 10.3 Å². The van der Waals surface area contributed by atoms with Gasteiger partial charge in [-0.2, -0.15) is 5.26 Å². The van der Waals surface area contributed by atoms with Crippen molar-refractivity contribution in [2.24, 2.45) is 0 Å². The smallest absolute Gasteiger partial charge is 0.449 e. The molecule has 0 radical (unpaired) electrons. The third-order valence-electron chi connectivity index (χ3n) is 5.80. The minimum atomic E-state index is -1.73. The fraction of sp³-hybridized carbons (Fsp3) is 0.296. The first-order valence-corrected chi connectivity index (χ1v) is 11.8. The summed E-state index contributed by atoms with van der Waals surface area (Å²) in [7, 11) is -1.73. The molecular weight excluding hydrogens is 457 g/mol. The lowest BCUT2D eigenvalue weighted by Crippen LogP contribution is -2.48. The largest absolute Gasteiger partial charge is 0.475 e. The van der Waals surface area contributed by atoms with Gasteiger partial charge in [-0.25, -0.2) is 4.79 Å². The van der Waals surface area contributed by atoms with E-state index in [1.54, 1.807) is 6.20 Å². The summed E-state index contributed by atoms with van der Waals surface area (Å²) < 4.78 is 5.27. The Balaban J connectivity index is 1.53. The first kappa shape index (κ1) is 26.9. The van der Waals surface area contributed by atoms with E-state index in [1.165, 1.54) is 0 Å². The molecule has 3 rings (SSSR count). The van der Waals surface area contributed by atoms with E-state index in [-0.39, 0.29) is 25.6 Å². The Kier molecular flexibility index (Phi) is 10.5. The number of nitriles is 1. The van der Waals surface area contributed by atoms with Crippen LogP contribution < -0.4 is 5.32 Å². The molecule has 9 heteroatoms. The SMILES string of the molecule is N#CC(CCc1cc(CO)cc(CCOC(=O)N[C@@H](Cc2ccccc2)B(O)O)c1)c1ccccn1. The van der Waals surface area contributed by atoms with Crippen molar-refractivity contribution in [3.05, 3.63) is 101 Å². The van der Waals surface area contributed by atoms with Gasteiger partial charge in [0.1, 0.15) is 0 Å². The van der Waals surface area contributed by atoms with Crippen molar-refractivity contribution in [1.29, 1.82) is 5.26 Å². The summed E-state index contributed by atoms with van der Waals surface area (Å²) in [6.07, 6.45) is 2.82. The van der Waals surface area contributed by atoms with Crippen LogP contribution in [0.4, 0.5) is 4.79 Å². The van der Waals surface area contributed by atoms with E-state index in [9.17, 15) is 25.2 Å². The highest BCUT2D eigenvalue weighted by molar-refractivity contribution is 6.43. The van der Waals surface area contributed by atoms with Crippen LogP contribution in [-0.2, 0) is 30.6 Å². The second-order valence-electron chi connectivity index (χ2n) is 8.53. The van der Waals surface area contributed by atoms with Crippen molar-refractivity contribution in [3.8, 4) is 6.07 Å².